The first-order valence-corrected chi connectivity index (χ1v) is 5.79. The standard InChI is InChI=1S/C14H22N2/c1-13(14-8-5-4-6-9-14)12-15-10-7-11-16(2)3/h4-6,8-9,15H,1,7,10-12H2,2-3H3. The van der Waals surface area contributed by atoms with Crippen LogP contribution in [0.15, 0.2) is 36.9 Å². The van der Waals surface area contributed by atoms with Gasteiger partial charge in [-0.1, -0.05) is 36.9 Å². The van der Waals surface area contributed by atoms with E-state index in [1.165, 1.54) is 12.0 Å². The number of hydrogen-bond acceptors (Lipinski definition) is 2. The third-order valence-electron chi connectivity index (χ3n) is 2.48. The Morgan fingerprint density at radius 2 is 1.94 bits per heavy atom. The van der Waals surface area contributed by atoms with Crippen molar-refractivity contribution in [3.63, 3.8) is 0 Å². The summed E-state index contributed by atoms with van der Waals surface area (Å²) in [5.41, 5.74) is 2.38. The van der Waals surface area contributed by atoms with Gasteiger partial charge in [-0.25, -0.2) is 0 Å². The summed E-state index contributed by atoms with van der Waals surface area (Å²) in [5.74, 6) is 0. The van der Waals surface area contributed by atoms with Gasteiger partial charge in [0.05, 0.1) is 0 Å². The van der Waals surface area contributed by atoms with Gasteiger partial charge in [-0.2, -0.15) is 0 Å². The lowest BCUT2D eigenvalue weighted by atomic mass is 10.1. The maximum absolute atomic E-state index is 4.08. The van der Waals surface area contributed by atoms with Crippen molar-refractivity contribution in [1.82, 2.24) is 10.2 Å². The van der Waals surface area contributed by atoms with Gasteiger partial charge in [0.25, 0.3) is 0 Å². The largest absolute Gasteiger partial charge is 0.313 e. The molecule has 0 fully saturated rings. The zero-order chi connectivity index (χ0) is 11.8. The van der Waals surface area contributed by atoms with Crippen LogP contribution in [0.5, 0.6) is 0 Å². The lowest BCUT2D eigenvalue weighted by molar-refractivity contribution is 0.396. The minimum Gasteiger partial charge on any atom is -0.313 e. The van der Waals surface area contributed by atoms with Crippen molar-refractivity contribution in [2.24, 2.45) is 0 Å². The van der Waals surface area contributed by atoms with Crippen molar-refractivity contribution in [1.29, 1.82) is 0 Å². The van der Waals surface area contributed by atoms with Gasteiger partial charge in [-0.3, -0.25) is 0 Å². The van der Waals surface area contributed by atoms with Crippen molar-refractivity contribution >= 4 is 5.57 Å². The van der Waals surface area contributed by atoms with E-state index in [-0.39, 0.29) is 0 Å². The summed E-state index contributed by atoms with van der Waals surface area (Å²) < 4.78 is 0. The molecule has 2 nitrogen and oxygen atoms in total. The molecular formula is C14H22N2. The number of rotatable bonds is 7. The van der Waals surface area contributed by atoms with E-state index >= 15 is 0 Å². The Morgan fingerprint density at radius 3 is 2.56 bits per heavy atom. The van der Waals surface area contributed by atoms with E-state index in [9.17, 15) is 0 Å². The van der Waals surface area contributed by atoms with Gasteiger partial charge in [-0.05, 0) is 44.7 Å². The van der Waals surface area contributed by atoms with Crippen LogP contribution < -0.4 is 5.32 Å². The van der Waals surface area contributed by atoms with Crippen LogP contribution in [0.4, 0.5) is 0 Å². The van der Waals surface area contributed by atoms with Crippen LogP contribution in [0.3, 0.4) is 0 Å². The monoisotopic (exact) mass is 218 g/mol. The second kappa shape index (κ2) is 7.20. The van der Waals surface area contributed by atoms with Gasteiger partial charge in [0.1, 0.15) is 0 Å². The Hall–Kier alpha value is -1.12. The highest BCUT2D eigenvalue weighted by Gasteiger charge is 1.97. The summed E-state index contributed by atoms with van der Waals surface area (Å²) in [5, 5.41) is 3.41. The maximum atomic E-state index is 4.08. The first-order valence-electron chi connectivity index (χ1n) is 5.79. The Kier molecular flexibility index (Phi) is 5.83. The average molecular weight is 218 g/mol. The second-order valence-corrected chi connectivity index (χ2v) is 4.30. The van der Waals surface area contributed by atoms with Gasteiger partial charge in [0, 0.05) is 6.54 Å². The Balaban J connectivity index is 2.16. The molecule has 0 amide bonds. The average Bonchev–Trinajstić information content (AvgIpc) is 2.29. The van der Waals surface area contributed by atoms with Crippen molar-refractivity contribution in [3.8, 4) is 0 Å². The molecule has 1 aromatic carbocycles. The first-order chi connectivity index (χ1) is 7.70. The number of nitrogens with zero attached hydrogens (tertiary/aromatic N) is 1. The predicted molar refractivity (Wildman–Crippen MR) is 71.5 cm³/mol. The maximum Gasteiger partial charge on any atom is 0.0205 e. The Morgan fingerprint density at radius 1 is 1.25 bits per heavy atom. The van der Waals surface area contributed by atoms with Crippen LogP contribution in [0.1, 0.15) is 12.0 Å². The van der Waals surface area contributed by atoms with Gasteiger partial charge in [0.2, 0.25) is 0 Å². The summed E-state index contributed by atoms with van der Waals surface area (Å²) >= 11 is 0. The Bertz CT molecular complexity index is 304. The zero-order valence-electron chi connectivity index (χ0n) is 10.4. The molecule has 0 heterocycles. The van der Waals surface area contributed by atoms with E-state index < -0.39 is 0 Å². The normalized spacial score (nSPS) is 10.7. The fourth-order valence-corrected chi connectivity index (χ4v) is 1.54. The molecule has 0 aliphatic heterocycles. The molecule has 2 heteroatoms. The molecule has 1 aromatic rings. The van der Waals surface area contributed by atoms with E-state index in [0.29, 0.717) is 0 Å². The fourth-order valence-electron chi connectivity index (χ4n) is 1.54. The molecule has 0 bridgehead atoms. The van der Waals surface area contributed by atoms with Crippen molar-refractivity contribution in [2.45, 2.75) is 6.42 Å². The van der Waals surface area contributed by atoms with E-state index in [4.69, 9.17) is 0 Å². The summed E-state index contributed by atoms with van der Waals surface area (Å²) in [4.78, 5) is 2.20. The van der Waals surface area contributed by atoms with Crippen LogP contribution in [-0.2, 0) is 0 Å². The highest BCUT2D eigenvalue weighted by molar-refractivity contribution is 5.64. The summed E-state index contributed by atoms with van der Waals surface area (Å²) in [6, 6.07) is 10.3. The highest BCUT2D eigenvalue weighted by Crippen LogP contribution is 2.09. The summed E-state index contributed by atoms with van der Waals surface area (Å²) in [7, 11) is 4.20. The third-order valence-corrected chi connectivity index (χ3v) is 2.48. The van der Waals surface area contributed by atoms with E-state index in [0.717, 1.165) is 25.2 Å². The number of benzene rings is 1. The number of hydrogen-bond donors (Lipinski definition) is 1. The molecule has 0 radical (unpaired) electrons. The van der Waals surface area contributed by atoms with Crippen LogP contribution in [0.25, 0.3) is 5.57 Å². The first kappa shape index (κ1) is 12.9. The molecule has 0 unspecified atom stereocenters. The lowest BCUT2D eigenvalue weighted by Gasteiger charge is -2.11. The topological polar surface area (TPSA) is 15.3 Å². The summed E-state index contributed by atoms with van der Waals surface area (Å²) in [6.45, 7) is 7.13. The molecule has 1 N–H and O–H groups in total. The summed E-state index contributed by atoms with van der Waals surface area (Å²) in [6.07, 6.45) is 1.18. The van der Waals surface area contributed by atoms with Gasteiger partial charge >= 0.3 is 0 Å². The predicted octanol–water partition coefficient (Wildman–Crippen LogP) is 2.24. The van der Waals surface area contributed by atoms with Crippen LogP contribution in [-0.4, -0.2) is 38.6 Å². The zero-order valence-corrected chi connectivity index (χ0v) is 10.4. The minimum atomic E-state index is 0.872. The quantitative estimate of drug-likeness (QED) is 0.706. The molecule has 0 atom stereocenters. The molecule has 0 saturated carbocycles. The fraction of sp³-hybridized carbons (Fsp3) is 0.429. The van der Waals surface area contributed by atoms with E-state index in [1.807, 2.05) is 18.2 Å². The molecule has 0 saturated heterocycles. The molecular weight excluding hydrogens is 196 g/mol. The van der Waals surface area contributed by atoms with Gasteiger partial charge in [-0.15, -0.1) is 0 Å². The molecule has 0 spiro atoms. The second-order valence-electron chi connectivity index (χ2n) is 4.30. The van der Waals surface area contributed by atoms with E-state index in [2.05, 4.69) is 43.0 Å². The van der Waals surface area contributed by atoms with Crippen molar-refractivity contribution in [3.05, 3.63) is 42.5 Å². The highest BCUT2D eigenvalue weighted by atomic mass is 15.0. The molecule has 88 valence electrons. The van der Waals surface area contributed by atoms with Crippen LogP contribution in [0.2, 0.25) is 0 Å². The van der Waals surface area contributed by atoms with E-state index in [1.54, 1.807) is 0 Å². The minimum absolute atomic E-state index is 0.872. The molecule has 16 heavy (non-hydrogen) atoms. The molecule has 1 rings (SSSR count). The lowest BCUT2D eigenvalue weighted by Crippen LogP contribution is -2.22. The molecule has 0 aliphatic carbocycles. The van der Waals surface area contributed by atoms with Crippen molar-refractivity contribution < 1.29 is 0 Å². The van der Waals surface area contributed by atoms with Gasteiger partial charge < -0.3 is 10.2 Å². The van der Waals surface area contributed by atoms with Crippen molar-refractivity contribution in [2.75, 3.05) is 33.7 Å². The molecule has 0 aliphatic rings. The van der Waals surface area contributed by atoms with Gasteiger partial charge in [0.15, 0.2) is 0 Å². The SMILES string of the molecule is C=C(CNCCCN(C)C)c1ccccc1. The number of nitrogens with one attached hydrogen (secondary N) is 1. The smallest absolute Gasteiger partial charge is 0.0205 e. The third kappa shape index (κ3) is 5.10. The Labute approximate surface area is 99.0 Å². The van der Waals surface area contributed by atoms with Crippen LogP contribution >= 0.6 is 0 Å². The molecule has 0 aromatic heterocycles. The van der Waals surface area contributed by atoms with Crippen LogP contribution in [0, 0.1) is 0 Å².